The van der Waals surface area contributed by atoms with Crippen LogP contribution in [-0.2, 0) is 14.3 Å². The number of phenolic OH excluding ortho intramolecular Hbond substituents is 1. The Balaban J connectivity index is 2.09. The van der Waals surface area contributed by atoms with E-state index in [1.54, 1.807) is 12.1 Å². The van der Waals surface area contributed by atoms with E-state index < -0.39 is 23.5 Å². The van der Waals surface area contributed by atoms with Crippen LogP contribution in [0.2, 0.25) is 10.0 Å². The minimum atomic E-state index is -0.907. The van der Waals surface area contributed by atoms with Gasteiger partial charge in [0.1, 0.15) is 11.5 Å². The molecule has 2 aromatic rings. The highest BCUT2D eigenvalue weighted by Crippen LogP contribution is 2.42. The fourth-order valence-electron chi connectivity index (χ4n) is 3.75. The number of likely N-dealkylation sites (tertiary alicyclic amines) is 1. The lowest BCUT2D eigenvalue weighted by atomic mass is 9.95. The van der Waals surface area contributed by atoms with Crippen molar-refractivity contribution >= 4 is 40.7 Å². The number of aliphatic hydroxyl groups excluding tert-OH is 1. The van der Waals surface area contributed by atoms with Gasteiger partial charge in [0.2, 0.25) is 0 Å². The number of benzene rings is 2. The van der Waals surface area contributed by atoms with E-state index in [0.717, 1.165) is 0 Å². The Kier molecular flexibility index (Phi) is 7.89. The molecule has 1 atom stereocenters. The van der Waals surface area contributed by atoms with Crippen LogP contribution < -0.4 is 4.74 Å². The number of carbonyl (C=O) groups is 2. The van der Waals surface area contributed by atoms with Crippen LogP contribution in [0.1, 0.15) is 37.4 Å². The Morgan fingerprint density at radius 1 is 1.15 bits per heavy atom. The predicted octanol–water partition coefficient (Wildman–Crippen LogP) is 4.94. The number of ether oxygens (including phenoxy) is 2. The molecule has 176 valence electrons. The molecule has 1 amide bonds. The molecular weight excluding hydrogens is 469 g/mol. The van der Waals surface area contributed by atoms with Crippen LogP contribution in [-0.4, -0.2) is 53.2 Å². The van der Waals surface area contributed by atoms with E-state index in [2.05, 4.69) is 0 Å². The van der Waals surface area contributed by atoms with E-state index in [1.807, 2.05) is 13.8 Å². The van der Waals surface area contributed by atoms with E-state index in [0.29, 0.717) is 18.6 Å². The van der Waals surface area contributed by atoms with Crippen molar-refractivity contribution in [1.29, 1.82) is 0 Å². The number of rotatable bonds is 8. The first kappa shape index (κ1) is 24.9. The molecule has 2 N–H and O–H groups in total. The highest BCUT2D eigenvalue weighted by molar-refractivity contribution is 6.46. The Hall–Kier alpha value is -2.74. The van der Waals surface area contributed by atoms with E-state index in [4.69, 9.17) is 32.7 Å². The summed E-state index contributed by atoms with van der Waals surface area (Å²) in [5.41, 5.74) is 0.524. The van der Waals surface area contributed by atoms with Crippen LogP contribution in [0.25, 0.3) is 5.76 Å². The molecule has 0 spiro atoms. The minimum absolute atomic E-state index is 0.0308. The Labute approximate surface area is 202 Å². The van der Waals surface area contributed by atoms with Crippen molar-refractivity contribution in [3.05, 3.63) is 63.1 Å². The van der Waals surface area contributed by atoms with Gasteiger partial charge in [0.05, 0.1) is 34.9 Å². The normalized spacial score (nSPS) is 17.8. The van der Waals surface area contributed by atoms with Gasteiger partial charge in [-0.15, -0.1) is 0 Å². The Morgan fingerprint density at radius 3 is 2.39 bits per heavy atom. The van der Waals surface area contributed by atoms with Gasteiger partial charge in [-0.2, -0.15) is 0 Å². The van der Waals surface area contributed by atoms with Gasteiger partial charge in [0, 0.05) is 18.7 Å². The number of ketones is 1. The molecule has 0 saturated carbocycles. The standard InChI is InChI=1S/C24H25Cl2NO6/c1-13(2)33-9-5-8-27-20(14-6-4-7-16(28)10-14)19(22(30)24(27)31)21(29)15-11-17(25)23(32-3)18(26)12-15/h4,6-7,10-13,20,28-29H,5,8-9H2,1-3H3/b21-19+. The van der Waals surface area contributed by atoms with Gasteiger partial charge in [-0.25, -0.2) is 0 Å². The molecule has 33 heavy (non-hydrogen) atoms. The molecule has 1 saturated heterocycles. The van der Waals surface area contributed by atoms with Crippen molar-refractivity contribution in [2.75, 3.05) is 20.3 Å². The second-order valence-electron chi connectivity index (χ2n) is 7.83. The van der Waals surface area contributed by atoms with E-state index >= 15 is 0 Å². The molecule has 1 unspecified atom stereocenters. The maximum atomic E-state index is 13.0. The smallest absolute Gasteiger partial charge is 0.295 e. The van der Waals surface area contributed by atoms with Crippen molar-refractivity contribution in [2.24, 2.45) is 0 Å². The average molecular weight is 494 g/mol. The number of halogens is 2. The van der Waals surface area contributed by atoms with Crippen LogP contribution in [0.3, 0.4) is 0 Å². The zero-order valence-corrected chi connectivity index (χ0v) is 20.0. The summed E-state index contributed by atoms with van der Waals surface area (Å²) in [6.07, 6.45) is 0.521. The average Bonchev–Trinajstić information content (AvgIpc) is 3.00. The lowest BCUT2D eigenvalue weighted by Gasteiger charge is -2.25. The van der Waals surface area contributed by atoms with Gasteiger partial charge in [-0.3, -0.25) is 9.59 Å². The van der Waals surface area contributed by atoms with E-state index in [1.165, 1.54) is 36.3 Å². The highest BCUT2D eigenvalue weighted by atomic mass is 35.5. The second-order valence-corrected chi connectivity index (χ2v) is 8.65. The zero-order chi connectivity index (χ0) is 24.3. The Morgan fingerprint density at radius 2 is 1.82 bits per heavy atom. The number of hydrogen-bond acceptors (Lipinski definition) is 6. The van der Waals surface area contributed by atoms with Crippen molar-refractivity contribution in [1.82, 2.24) is 4.90 Å². The molecule has 3 rings (SSSR count). The van der Waals surface area contributed by atoms with Gasteiger partial charge in [0.25, 0.3) is 11.7 Å². The summed E-state index contributed by atoms with van der Waals surface area (Å²) in [5, 5.41) is 21.4. The van der Waals surface area contributed by atoms with Gasteiger partial charge in [-0.1, -0.05) is 35.3 Å². The zero-order valence-electron chi connectivity index (χ0n) is 18.5. The SMILES string of the molecule is COc1c(Cl)cc(/C(O)=C2\C(=O)C(=O)N(CCCOC(C)C)C2c2cccc(O)c2)cc1Cl. The maximum Gasteiger partial charge on any atom is 0.295 e. The quantitative estimate of drug-likeness (QED) is 0.234. The van der Waals surface area contributed by atoms with Crippen molar-refractivity contribution < 1.29 is 29.3 Å². The van der Waals surface area contributed by atoms with Crippen LogP contribution in [0, 0.1) is 0 Å². The molecular formula is C24H25Cl2NO6. The molecule has 1 fully saturated rings. The number of phenols is 1. The van der Waals surface area contributed by atoms with Crippen molar-refractivity contribution in [2.45, 2.75) is 32.4 Å². The first-order valence-corrected chi connectivity index (χ1v) is 11.1. The molecule has 0 aromatic heterocycles. The van der Waals surface area contributed by atoms with Crippen molar-refractivity contribution in [3.8, 4) is 11.5 Å². The molecule has 2 aromatic carbocycles. The number of aromatic hydroxyl groups is 1. The lowest BCUT2D eigenvalue weighted by molar-refractivity contribution is -0.140. The summed E-state index contributed by atoms with van der Waals surface area (Å²) in [6.45, 7) is 4.43. The topological polar surface area (TPSA) is 96.3 Å². The number of Topliss-reactive ketones (excluding diaryl/α,β-unsaturated/α-hetero) is 1. The summed E-state index contributed by atoms with van der Waals surface area (Å²) >= 11 is 12.4. The van der Waals surface area contributed by atoms with E-state index in [9.17, 15) is 19.8 Å². The number of hydrogen-bond donors (Lipinski definition) is 2. The summed E-state index contributed by atoms with van der Waals surface area (Å²) in [6, 6.07) is 8.12. The summed E-state index contributed by atoms with van der Waals surface area (Å²) in [4.78, 5) is 27.4. The third-order valence-corrected chi connectivity index (χ3v) is 5.76. The number of methoxy groups -OCH3 is 1. The maximum absolute atomic E-state index is 13.0. The fraction of sp³-hybridized carbons (Fsp3) is 0.333. The summed E-state index contributed by atoms with van der Waals surface area (Å²) < 4.78 is 10.7. The molecule has 7 nitrogen and oxygen atoms in total. The van der Waals surface area contributed by atoms with E-state index in [-0.39, 0.29) is 45.3 Å². The molecule has 9 heteroatoms. The van der Waals surface area contributed by atoms with Crippen LogP contribution in [0.5, 0.6) is 11.5 Å². The van der Waals surface area contributed by atoms with Crippen LogP contribution >= 0.6 is 23.2 Å². The first-order valence-electron chi connectivity index (χ1n) is 10.4. The van der Waals surface area contributed by atoms with Crippen LogP contribution in [0.4, 0.5) is 0 Å². The lowest BCUT2D eigenvalue weighted by Crippen LogP contribution is -2.31. The number of aliphatic hydroxyl groups is 1. The Bertz CT molecular complexity index is 1080. The fourth-order valence-corrected chi connectivity index (χ4v) is 4.39. The highest BCUT2D eigenvalue weighted by Gasteiger charge is 2.46. The third-order valence-electron chi connectivity index (χ3n) is 5.20. The summed E-state index contributed by atoms with van der Waals surface area (Å²) in [7, 11) is 1.41. The largest absolute Gasteiger partial charge is 0.508 e. The number of carbonyl (C=O) groups excluding carboxylic acids is 2. The van der Waals surface area contributed by atoms with Crippen molar-refractivity contribution in [3.63, 3.8) is 0 Å². The molecule has 1 aliphatic heterocycles. The molecule has 0 aliphatic carbocycles. The van der Waals surface area contributed by atoms with Crippen LogP contribution in [0.15, 0.2) is 42.0 Å². The predicted molar refractivity (Wildman–Crippen MR) is 126 cm³/mol. The monoisotopic (exact) mass is 493 g/mol. The number of amides is 1. The van der Waals surface area contributed by atoms with Gasteiger partial charge in [-0.05, 0) is 50.1 Å². The summed E-state index contributed by atoms with van der Waals surface area (Å²) in [5.74, 6) is -1.82. The van der Waals surface area contributed by atoms with Gasteiger partial charge in [0.15, 0.2) is 5.75 Å². The third kappa shape index (κ3) is 5.27. The minimum Gasteiger partial charge on any atom is -0.508 e. The molecule has 1 aliphatic rings. The number of nitrogens with zero attached hydrogens (tertiary/aromatic N) is 1. The molecule has 1 heterocycles. The first-order chi connectivity index (χ1) is 15.6. The van der Waals surface area contributed by atoms with Gasteiger partial charge >= 0.3 is 0 Å². The van der Waals surface area contributed by atoms with Gasteiger partial charge < -0.3 is 24.6 Å². The second kappa shape index (κ2) is 10.5. The molecule has 0 bridgehead atoms. The molecule has 0 radical (unpaired) electrons.